The first kappa shape index (κ1) is 17.8. The van der Waals surface area contributed by atoms with Crippen molar-refractivity contribution < 1.29 is 9.31 Å². The van der Waals surface area contributed by atoms with E-state index in [1.54, 1.807) is 11.8 Å². The molecule has 0 aliphatic rings. The van der Waals surface area contributed by atoms with E-state index in [9.17, 15) is 14.5 Å². The highest BCUT2D eigenvalue weighted by Gasteiger charge is 2.11. The fourth-order valence-corrected chi connectivity index (χ4v) is 3.07. The van der Waals surface area contributed by atoms with Gasteiger partial charge in [0.25, 0.3) is 5.69 Å². The number of anilines is 1. The van der Waals surface area contributed by atoms with Crippen molar-refractivity contribution in [1.29, 1.82) is 0 Å². The highest BCUT2D eigenvalue weighted by Crippen LogP contribution is 2.24. The van der Waals surface area contributed by atoms with Gasteiger partial charge in [0.1, 0.15) is 0 Å². The molecule has 21 heavy (non-hydrogen) atoms. The summed E-state index contributed by atoms with van der Waals surface area (Å²) in [7, 11) is 0. The second-order valence-electron chi connectivity index (χ2n) is 4.94. The number of nitro benzene ring substituents is 1. The molecule has 0 saturated carbocycles. The van der Waals surface area contributed by atoms with Gasteiger partial charge in [0.15, 0.2) is 5.82 Å². The minimum absolute atomic E-state index is 0.225. The zero-order chi connectivity index (χ0) is 15.7. The van der Waals surface area contributed by atoms with Crippen LogP contribution in [0.15, 0.2) is 18.2 Å². The van der Waals surface area contributed by atoms with E-state index in [-0.39, 0.29) is 5.69 Å². The minimum atomic E-state index is -0.595. The van der Waals surface area contributed by atoms with E-state index in [2.05, 4.69) is 19.2 Å². The van der Waals surface area contributed by atoms with Crippen molar-refractivity contribution in [2.24, 2.45) is 0 Å². The summed E-state index contributed by atoms with van der Waals surface area (Å²) in [5.41, 5.74) is 0.0909. The van der Waals surface area contributed by atoms with E-state index in [1.807, 2.05) is 0 Å². The predicted octanol–water partition coefficient (Wildman–Crippen LogP) is 5.20. The van der Waals surface area contributed by atoms with Crippen LogP contribution in [-0.4, -0.2) is 16.1 Å². The molecular weight excluding hydrogens is 291 g/mol. The molecule has 1 atom stereocenters. The number of hydrogen-bond donors (Lipinski definition) is 1. The average Bonchev–Trinajstić information content (AvgIpc) is 2.47. The number of nitrogens with zero attached hydrogens (tertiary/aromatic N) is 1. The molecule has 1 N–H and O–H groups in total. The Kier molecular flexibility index (Phi) is 8.12. The first-order valence-electron chi connectivity index (χ1n) is 7.37. The number of rotatable bonds is 10. The molecule has 1 rings (SSSR count). The van der Waals surface area contributed by atoms with Gasteiger partial charge in [-0.1, -0.05) is 33.1 Å². The Morgan fingerprint density at radius 1 is 1.38 bits per heavy atom. The highest BCUT2D eigenvalue weighted by atomic mass is 32.2. The molecule has 0 aliphatic heterocycles. The molecule has 0 aliphatic carbocycles. The quantitative estimate of drug-likeness (QED) is 0.279. The summed E-state index contributed by atoms with van der Waals surface area (Å²) in [4.78, 5) is 9.95. The molecule has 0 unspecified atom stereocenters. The Morgan fingerprint density at radius 2 is 2.14 bits per heavy atom. The third-order valence-corrected chi connectivity index (χ3v) is 4.68. The second-order valence-corrected chi connectivity index (χ2v) is 6.22. The minimum Gasteiger partial charge on any atom is -0.374 e. The van der Waals surface area contributed by atoms with Crippen LogP contribution >= 0.6 is 11.8 Å². The van der Waals surface area contributed by atoms with Gasteiger partial charge in [-0.25, -0.2) is 4.39 Å². The van der Waals surface area contributed by atoms with E-state index in [0.29, 0.717) is 16.8 Å². The van der Waals surface area contributed by atoms with Crippen LogP contribution in [0.2, 0.25) is 0 Å². The van der Waals surface area contributed by atoms with Gasteiger partial charge in [0.2, 0.25) is 0 Å². The van der Waals surface area contributed by atoms with E-state index < -0.39 is 10.7 Å². The molecular formula is C15H23FN2O2S. The van der Waals surface area contributed by atoms with Crippen molar-refractivity contribution in [3.8, 4) is 0 Å². The average molecular weight is 314 g/mol. The molecule has 4 nitrogen and oxygen atoms in total. The van der Waals surface area contributed by atoms with Gasteiger partial charge in [0.05, 0.1) is 22.6 Å². The van der Waals surface area contributed by atoms with Crippen molar-refractivity contribution in [3.05, 3.63) is 34.1 Å². The van der Waals surface area contributed by atoms with Crippen molar-refractivity contribution >= 4 is 23.1 Å². The molecule has 0 radical (unpaired) electrons. The Balaban J connectivity index is 2.42. The van der Waals surface area contributed by atoms with Crippen LogP contribution < -0.4 is 5.32 Å². The topological polar surface area (TPSA) is 55.2 Å². The normalized spacial score (nSPS) is 12.1. The third kappa shape index (κ3) is 6.33. The summed E-state index contributed by atoms with van der Waals surface area (Å²) in [6.07, 6.45) is 5.97. The Labute approximate surface area is 129 Å². The molecule has 1 aromatic rings. The summed E-state index contributed by atoms with van der Waals surface area (Å²) in [6, 6.07) is 3.69. The lowest BCUT2D eigenvalue weighted by Gasteiger charge is -2.15. The van der Waals surface area contributed by atoms with Gasteiger partial charge in [-0.2, -0.15) is 0 Å². The molecule has 0 aromatic heterocycles. The fourth-order valence-electron chi connectivity index (χ4n) is 2.03. The summed E-state index contributed by atoms with van der Waals surface area (Å²) >= 11 is 1.77. The Bertz CT molecular complexity index is 457. The van der Waals surface area contributed by atoms with Crippen LogP contribution in [0, 0.1) is 15.9 Å². The molecule has 0 fully saturated rings. The Hall–Kier alpha value is -1.30. The molecule has 0 saturated heterocycles. The van der Waals surface area contributed by atoms with Crippen LogP contribution in [0.3, 0.4) is 0 Å². The van der Waals surface area contributed by atoms with Gasteiger partial charge in [-0.05, 0) is 18.9 Å². The van der Waals surface area contributed by atoms with Gasteiger partial charge >= 0.3 is 0 Å². The molecule has 0 spiro atoms. The summed E-state index contributed by atoms with van der Waals surface area (Å²) in [5, 5.41) is 14.1. The summed E-state index contributed by atoms with van der Waals surface area (Å²) < 4.78 is 13.7. The van der Waals surface area contributed by atoms with Gasteiger partial charge in [0, 0.05) is 11.3 Å². The molecule has 0 bridgehead atoms. The van der Waals surface area contributed by atoms with Crippen LogP contribution in [-0.2, 0) is 0 Å². The smallest absolute Gasteiger partial charge is 0.272 e. The third-order valence-electron chi connectivity index (χ3n) is 3.33. The van der Waals surface area contributed by atoms with E-state index >= 15 is 0 Å². The lowest BCUT2D eigenvalue weighted by atomic mass is 10.1. The number of benzene rings is 1. The lowest BCUT2D eigenvalue weighted by molar-refractivity contribution is -0.385. The molecule has 118 valence electrons. The number of nitrogens with one attached hydrogen (secondary N) is 1. The van der Waals surface area contributed by atoms with Gasteiger partial charge in [-0.15, -0.1) is 11.8 Å². The summed E-state index contributed by atoms with van der Waals surface area (Å²) in [6.45, 7) is 4.35. The molecule has 0 amide bonds. The number of halogens is 1. The maximum atomic E-state index is 13.7. The lowest BCUT2D eigenvalue weighted by Crippen LogP contribution is -2.07. The van der Waals surface area contributed by atoms with Gasteiger partial charge < -0.3 is 5.32 Å². The zero-order valence-electron chi connectivity index (χ0n) is 12.6. The number of unbranched alkanes of at least 4 members (excludes halogenated alkanes) is 2. The monoisotopic (exact) mass is 314 g/mol. The number of hydrogen-bond acceptors (Lipinski definition) is 4. The maximum Gasteiger partial charge on any atom is 0.272 e. The highest BCUT2D eigenvalue weighted by molar-refractivity contribution is 7.99. The maximum absolute atomic E-state index is 13.7. The first-order valence-corrected chi connectivity index (χ1v) is 8.42. The standard InChI is InChI=1S/C15H23FN2O2S/c1-3-5-6-7-13(4-2)21-11-17-15-9-8-12(18(19)20)10-14(15)16/h8-10,13,17H,3-7,11H2,1-2H3/t13-/m1/s1. The summed E-state index contributed by atoms with van der Waals surface area (Å²) in [5.74, 6) is 0.0307. The van der Waals surface area contributed by atoms with Crippen molar-refractivity contribution in [2.75, 3.05) is 11.2 Å². The van der Waals surface area contributed by atoms with E-state index in [1.165, 1.54) is 37.8 Å². The van der Waals surface area contributed by atoms with Crippen molar-refractivity contribution in [3.63, 3.8) is 0 Å². The van der Waals surface area contributed by atoms with Crippen molar-refractivity contribution in [1.82, 2.24) is 0 Å². The van der Waals surface area contributed by atoms with Crippen LogP contribution in [0.4, 0.5) is 15.8 Å². The number of nitro groups is 1. The SMILES string of the molecule is CCCCC[C@@H](CC)SCNc1ccc([N+](=O)[O-])cc1F. The fraction of sp³-hybridized carbons (Fsp3) is 0.600. The first-order chi connectivity index (χ1) is 10.1. The van der Waals surface area contributed by atoms with Crippen LogP contribution in [0.25, 0.3) is 0 Å². The number of non-ortho nitro benzene ring substituents is 1. The Morgan fingerprint density at radius 3 is 2.71 bits per heavy atom. The molecule has 1 aromatic carbocycles. The largest absolute Gasteiger partial charge is 0.374 e. The van der Waals surface area contributed by atoms with Crippen LogP contribution in [0.1, 0.15) is 46.0 Å². The number of thioether (sulfide) groups is 1. The second kappa shape index (κ2) is 9.60. The zero-order valence-corrected chi connectivity index (χ0v) is 13.4. The molecule has 0 heterocycles. The van der Waals surface area contributed by atoms with Crippen LogP contribution in [0.5, 0.6) is 0 Å². The van der Waals surface area contributed by atoms with E-state index in [0.717, 1.165) is 12.5 Å². The molecule has 6 heteroatoms. The van der Waals surface area contributed by atoms with E-state index in [4.69, 9.17) is 0 Å². The van der Waals surface area contributed by atoms with Gasteiger partial charge in [-0.3, -0.25) is 10.1 Å². The predicted molar refractivity (Wildman–Crippen MR) is 87.4 cm³/mol. The van der Waals surface area contributed by atoms with Crippen molar-refractivity contribution in [2.45, 2.75) is 51.2 Å².